The molecule has 0 radical (unpaired) electrons. The zero-order valence-corrected chi connectivity index (χ0v) is 7.52. The Morgan fingerprint density at radius 3 is 2.55 bits per heavy atom. The highest BCUT2D eigenvalue weighted by atomic mass is 15.0. The summed E-state index contributed by atoms with van der Waals surface area (Å²) in [6.07, 6.45) is 1.73. The standard InChI is InChI=1S/C8H15N3/c1-6-7(11-5-10-6)8(2,3)9-4/h5,9H,1-4H3,(H,10,11). The van der Waals surface area contributed by atoms with Crippen LogP contribution in [0.2, 0.25) is 0 Å². The topological polar surface area (TPSA) is 40.7 Å². The molecule has 3 heteroatoms. The van der Waals surface area contributed by atoms with Crippen molar-refractivity contribution in [2.45, 2.75) is 26.3 Å². The molecular formula is C8H15N3. The zero-order valence-electron chi connectivity index (χ0n) is 7.52. The summed E-state index contributed by atoms with van der Waals surface area (Å²) in [5.41, 5.74) is 2.17. The zero-order chi connectivity index (χ0) is 8.48. The van der Waals surface area contributed by atoms with Crippen molar-refractivity contribution in [3.8, 4) is 0 Å². The number of imidazole rings is 1. The third-order valence-electron chi connectivity index (χ3n) is 2.05. The van der Waals surface area contributed by atoms with Gasteiger partial charge in [0.1, 0.15) is 0 Å². The fraction of sp³-hybridized carbons (Fsp3) is 0.625. The minimum absolute atomic E-state index is 0.0376. The van der Waals surface area contributed by atoms with Crippen LogP contribution in [0.4, 0.5) is 0 Å². The number of aryl methyl sites for hydroxylation is 1. The molecule has 11 heavy (non-hydrogen) atoms. The third-order valence-corrected chi connectivity index (χ3v) is 2.05. The summed E-state index contributed by atoms with van der Waals surface area (Å²) < 4.78 is 0. The molecule has 0 aliphatic rings. The molecule has 0 spiro atoms. The molecule has 0 atom stereocenters. The monoisotopic (exact) mass is 153 g/mol. The van der Waals surface area contributed by atoms with Gasteiger partial charge in [-0.2, -0.15) is 0 Å². The van der Waals surface area contributed by atoms with Crippen molar-refractivity contribution < 1.29 is 0 Å². The van der Waals surface area contributed by atoms with Crippen LogP contribution in [0, 0.1) is 6.92 Å². The molecule has 1 aromatic heterocycles. The van der Waals surface area contributed by atoms with Crippen molar-refractivity contribution in [3.63, 3.8) is 0 Å². The molecule has 1 heterocycles. The maximum absolute atomic E-state index is 4.24. The Balaban J connectivity index is 3.00. The van der Waals surface area contributed by atoms with Gasteiger partial charge in [0.2, 0.25) is 0 Å². The Labute approximate surface area is 67.2 Å². The number of rotatable bonds is 2. The first kappa shape index (κ1) is 8.27. The molecule has 0 unspecified atom stereocenters. The summed E-state index contributed by atoms with van der Waals surface area (Å²) in [4.78, 5) is 7.30. The highest BCUT2D eigenvalue weighted by Crippen LogP contribution is 2.18. The molecule has 1 aromatic rings. The Kier molecular flexibility index (Phi) is 2.00. The molecule has 0 amide bonds. The second kappa shape index (κ2) is 2.66. The predicted molar refractivity (Wildman–Crippen MR) is 45.4 cm³/mol. The number of hydrogen-bond donors (Lipinski definition) is 2. The number of nitrogens with one attached hydrogen (secondary N) is 2. The number of H-pyrrole nitrogens is 1. The number of aromatic amines is 1. The minimum atomic E-state index is -0.0376. The quantitative estimate of drug-likeness (QED) is 0.669. The van der Waals surface area contributed by atoms with Gasteiger partial charge in [-0.3, -0.25) is 0 Å². The van der Waals surface area contributed by atoms with Crippen molar-refractivity contribution >= 4 is 0 Å². The van der Waals surface area contributed by atoms with E-state index in [4.69, 9.17) is 0 Å². The molecule has 0 saturated carbocycles. The van der Waals surface area contributed by atoms with Gasteiger partial charge in [0.15, 0.2) is 0 Å². The lowest BCUT2D eigenvalue weighted by Crippen LogP contribution is -2.34. The predicted octanol–water partition coefficient (Wildman–Crippen LogP) is 1.17. The molecule has 0 aromatic carbocycles. The summed E-state index contributed by atoms with van der Waals surface area (Å²) in [6, 6.07) is 0. The molecule has 1 rings (SSSR count). The lowest BCUT2D eigenvalue weighted by molar-refractivity contribution is 0.431. The molecule has 0 fully saturated rings. The van der Waals surface area contributed by atoms with Crippen molar-refractivity contribution in [1.29, 1.82) is 0 Å². The van der Waals surface area contributed by atoms with Crippen LogP contribution in [0.1, 0.15) is 25.2 Å². The third kappa shape index (κ3) is 1.43. The lowest BCUT2D eigenvalue weighted by atomic mass is 10.00. The average Bonchev–Trinajstić information content (AvgIpc) is 2.36. The number of nitrogens with zero attached hydrogens (tertiary/aromatic N) is 1. The van der Waals surface area contributed by atoms with Gasteiger partial charge in [-0.1, -0.05) is 0 Å². The summed E-state index contributed by atoms with van der Waals surface area (Å²) in [6.45, 7) is 6.24. The SMILES string of the molecule is CNC(C)(C)c1nc[nH]c1C. The van der Waals surface area contributed by atoms with Gasteiger partial charge in [-0.15, -0.1) is 0 Å². The molecule has 3 nitrogen and oxygen atoms in total. The van der Waals surface area contributed by atoms with Gasteiger partial charge >= 0.3 is 0 Å². The Hall–Kier alpha value is -0.830. The van der Waals surface area contributed by atoms with E-state index in [0.29, 0.717) is 0 Å². The highest BCUT2D eigenvalue weighted by Gasteiger charge is 2.21. The van der Waals surface area contributed by atoms with E-state index in [1.807, 2.05) is 14.0 Å². The molecule has 62 valence electrons. The van der Waals surface area contributed by atoms with E-state index < -0.39 is 0 Å². The molecule has 0 aliphatic carbocycles. The van der Waals surface area contributed by atoms with E-state index in [9.17, 15) is 0 Å². The highest BCUT2D eigenvalue weighted by molar-refractivity contribution is 5.17. The molecule has 0 saturated heterocycles. The summed E-state index contributed by atoms with van der Waals surface area (Å²) >= 11 is 0. The first-order valence-corrected chi connectivity index (χ1v) is 3.77. The van der Waals surface area contributed by atoms with Gasteiger partial charge < -0.3 is 10.3 Å². The van der Waals surface area contributed by atoms with Gasteiger partial charge in [0.05, 0.1) is 17.6 Å². The van der Waals surface area contributed by atoms with Gasteiger partial charge in [-0.25, -0.2) is 4.98 Å². The second-order valence-electron chi connectivity index (χ2n) is 3.25. The van der Waals surface area contributed by atoms with E-state index in [-0.39, 0.29) is 5.54 Å². The van der Waals surface area contributed by atoms with E-state index >= 15 is 0 Å². The van der Waals surface area contributed by atoms with Crippen molar-refractivity contribution in [2.75, 3.05) is 7.05 Å². The average molecular weight is 153 g/mol. The minimum Gasteiger partial charge on any atom is -0.348 e. The molecule has 0 bridgehead atoms. The summed E-state index contributed by atoms with van der Waals surface area (Å²) in [5.74, 6) is 0. The first-order valence-electron chi connectivity index (χ1n) is 3.77. The van der Waals surface area contributed by atoms with Crippen LogP contribution in [0.15, 0.2) is 6.33 Å². The fourth-order valence-electron chi connectivity index (χ4n) is 1.11. The lowest BCUT2D eigenvalue weighted by Gasteiger charge is -2.22. The smallest absolute Gasteiger partial charge is 0.0926 e. The van der Waals surface area contributed by atoms with Crippen molar-refractivity contribution in [3.05, 3.63) is 17.7 Å². The van der Waals surface area contributed by atoms with Gasteiger partial charge in [0, 0.05) is 5.69 Å². The van der Waals surface area contributed by atoms with Crippen LogP contribution in [0.5, 0.6) is 0 Å². The van der Waals surface area contributed by atoms with Crippen LogP contribution in [-0.2, 0) is 5.54 Å². The first-order chi connectivity index (χ1) is 5.08. The number of hydrogen-bond acceptors (Lipinski definition) is 2. The van der Waals surface area contributed by atoms with E-state index in [1.165, 1.54) is 0 Å². The normalized spacial score (nSPS) is 12.0. The van der Waals surface area contributed by atoms with Crippen molar-refractivity contribution in [2.24, 2.45) is 0 Å². The Morgan fingerprint density at radius 1 is 1.55 bits per heavy atom. The number of aromatic nitrogens is 2. The van der Waals surface area contributed by atoms with Crippen LogP contribution in [0.25, 0.3) is 0 Å². The maximum Gasteiger partial charge on any atom is 0.0926 e. The molecule has 2 N–H and O–H groups in total. The Morgan fingerprint density at radius 2 is 2.18 bits per heavy atom. The molecular weight excluding hydrogens is 138 g/mol. The molecule has 0 aliphatic heterocycles. The second-order valence-corrected chi connectivity index (χ2v) is 3.25. The summed E-state index contributed by atoms with van der Waals surface area (Å²) in [7, 11) is 1.94. The van der Waals surface area contributed by atoms with Crippen LogP contribution in [0.3, 0.4) is 0 Å². The fourth-order valence-corrected chi connectivity index (χ4v) is 1.11. The van der Waals surface area contributed by atoms with Crippen molar-refractivity contribution in [1.82, 2.24) is 15.3 Å². The van der Waals surface area contributed by atoms with Gasteiger partial charge in [-0.05, 0) is 27.8 Å². The van der Waals surface area contributed by atoms with E-state index in [0.717, 1.165) is 11.4 Å². The largest absolute Gasteiger partial charge is 0.348 e. The Bertz CT molecular complexity index is 237. The summed E-state index contributed by atoms with van der Waals surface area (Å²) in [5, 5.41) is 3.20. The van der Waals surface area contributed by atoms with Crippen LogP contribution >= 0.6 is 0 Å². The van der Waals surface area contributed by atoms with Crippen LogP contribution < -0.4 is 5.32 Å². The van der Waals surface area contributed by atoms with Crippen LogP contribution in [-0.4, -0.2) is 17.0 Å². The van der Waals surface area contributed by atoms with E-state index in [2.05, 4.69) is 29.1 Å². The maximum atomic E-state index is 4.24. The van der Waals surface area contributed by atoms with Gasteiger partial charge in [0.25, 0.3) is 0 Å². The van der Waals surface area contributed by atoms with E-state index in [1.54, 1.807) is 6.33 Å².